The summed E-state index contributed by atoms with van der Waals surface area (Å²) in [6.45, 7) is 0. The molecule has 0 unspecified atom stereocenters. The highest BCUT2D eigenvalue weighted by atomic mass is 19.4. The van der Waals surface area contributed by atoms with Gasteiger partial charge in [0.15, 0.2) is 5.69 Å². The van der Waals surface area contributed by atoms with Crippen LogP contribution in [-0.4, -0.2) is 22.0 Å². The van der Waals surface area contributed by atoms with Crippen LogP contribution in [0.3, 0.4) is 0 Å². The molecule has 2 aromatic carbocycles. The topological polar surface area (TPSA) is 92.4 Å². The molecule has 1 amide bonds. The van der Waals surface area contributed by atoms with Crippen molar-refractivity contribution in [3.05, 3.63) is 71.6 Å². The number of carboxylic acid groups (broad SMARTS) is 1. The fourth-order valence-electron chi connectivity index (χ4n) is 2.20. The van der Waals surface area contributed by atoms with Gasteiger partial charge >= 0.3 is 12.1 Å². The Morgan fingerprint density at radius 1 is 1.00 bits per heavy atom. The molecule has 6 nitrogen and oxygen atoms in total. The summed E-state index contributed by atoms with van der Waals surface area (Å²) in [7, 11) is 0. The first-order chi connectivity index (χ1) is 12.7. The molecule has 138 valence electrons. The number of aromatic carboxylic acids is 1. The summed E-state index contributed by atoms with van der Waals surface area (Å²) in [5, 5.41) is 11.4. The first-order valence-electron chi connectivity index (χ1n) is 7.52. The average molecular weight is 376 g/mol. The van der Waals surface area contributed by atoms with Crippen LogP contribution in [0.5, 0.6) is 0 Å². The van der Waals surface area contributed by atoms with Crippen LogP contribution in [0, 0.1) is 0 Å². The largest absolute Gasteiger partial charge is 0.478 e. The third-order valence-corrected chi connectivity index (χ3v) is 3.59. The van der Waals surface area contributed by atoms with Crippen LogP contribution in [0.15, 0.2) is 59.2 Å². The SMILES string of the molecule is O=C(O)c1ccc(NC(=O)c2coc(-c3ccc(C(F)(F)F)cc3)n2)cc1. The standard InChI is InChI=1S/C18H11F3N2O4/c19-18(20,21)12-5-1-10(2-6-12)16-23-14(9-27-16)15(24)22-13-7-3-11(4-8-13)17(25)26/h1-9H,(H,22,24)(H,25,26). The quantitative estimate of drug-likeness (QED) is 0.708. The maximum atomic E-state index is 12.6. The van der Waals surface area contributed by atoms with E-state index in [9.17, 15) is 22.8 Å². The van der Waals surface area contributed by atoms with E-state index in [1.807, 2.05) is 0 Å². The Bertz CT molecular complexity index is 977. The highest BCUT2D eigenvalue weighted by Gasteiger charge is 2.30. The normalized spacial score (nSPS) is 11.2. The Labute approximate surface area is 150 Å². The van der Waals surface area contributed by atoms with Crippen molar-refractivity contribution in [2.45, 2.75) is 6.18 Å². The number of carbonyl (C=O) groups excluding carboxylic acids is 1. The number of alkyl halides is 3. The number of oxazole rings is 1. The number of carboxylic acids is 1. The van der Waals surface area contributed by atoms with Gasteiger partial charge in [0.05, 0.1) is 11.1 Å². The van der Waals surface area contributed by atoms with Gasteiger partial charge in [-0.3, -0.25) is 4.79 Å². The lowest BCUT2D eigenvalue weighted by Gasteiger charge is -2.06. The second-order valence-electron chi connectivity index (χ2n) is 5.45. The first-order valence-corrected chi connectivity index (χ1v) is 7.52. The molecule has 0 spiro atoms. The molecular formula is C18H11F3N2O4. The van der Waals surface area contributed by atoms with Crippen molar-refractivity contribution in [2.24, 2.45) is 0 Å². The molecule has 0 aliphatic carbocycles. The molecular weight excluding hydrogens is 365 g/mol. The van der Waals surface area contributed by atoms with Crippen LogP contribution in [0.1, 0.15) is 26.4 Å². The number of hydrogen-bond donors (Lipinski definition) is 2. The van der Waals surface area contributed by atoms with Crippen molar-refractivity contribution in [1.29, 1.82) is 0 Å². The number of anilines is 1. The highest BCUT2D eigenvalue weighted by Crippen LogP contribution is 2.30. The van der Waals surface area contributed by atoms with E-state index in [1.54, 1.807) is 0 Å². The van der Waals surface area contributed by atoms with Gasteiger partial charge in [-0.05, 0) is 48.5 Å². The van der Waals surface area contributed by atoms with Crippen molar-refractivity contribution in [3.8, 4) is 11.5 Å². The maximum Gasteiger partial charge on any atom is 0.416 e. The summed E-state index contributed by atoms with van der Waals surface area (Å²) in [5.41, 5.74) is -0.177. The van der Waals surface area contributed by atoms with Crippen LogP contribution in [0.2, 0.25) is 0 Å². The maximum absolute atomic E-state index is 12.6. The summed E-state index contributed by atoms with van der Waals surface area (Å²) in [4.78, 5) is 26.9. The molecule has 3 aromatic rings. The van der Waals surface area contributed by atoms with Crippen LogP contribution >= 0.6 is 0 Å². The molecule has 0 saturated carbocycles. The smallest absolute Gasteiger partial charge is 0.416 e. The summed E-state index contributed by atoms with van der Waals surface area (Å²) >= 11 is 0. The third kappa shape index (κ3) is 4.14. The van der Waals surface area contributed by atoms with E-state index in [0.717, 1.165) is 18.4 Å². The molecule has 1 heterocycles. The summed E-state index contributed by atoms with van der Waals surface area (Å²) in [6.07, 6.45) is -3.37. The van der Waals surface area contributed by atoms with Crippen molar-refractivity contribution in [2.75, 3.05) is 5.32 Å². The lowest BCUT2D eigenvalue weighted by Crippen LogP contribution is -2.12. The zero-order valence-electron chi connectivity index (χ0n) is 13.4. The Morgan fingerprint density at radius 3 is 2.19 bits per heavy atom. The first kappa shape index (κ1) is 18.2. The van der Waals surface area contributed by atoms with Crippen molar-refractivity contribution in [3.63, 3.8) is 0 Å². The van der Waals surface area contributed by atoms with Gasteiger partial charge in [-0.15, -0.1) is 0 Å². The summed E-state index contributed by atoms with van der Waals surface area (Å²) in [5.74, 6) is -1.71. The van der Waals surface area contributed by atoms with Crippen LogP contribution in [0.25, 0.3) is 11.5 Å². The predicted octanol–water partition coefficient (Wildman–Crippen LogP) is 4.31. The van der Waals surface area contributed by atoms with Crippen LogP contribution in [-0.2, 0) is 6.18 Å². The number of benzene rings is 2. The van der Waals surface area contributed by atoms with Crippen molar-refractivity contribution >= 4 is 17.6 Å². The predicted molar refractivity (Wildman–Crippen MR) is 88.3 cm³/mol. The molecule has 1 aromatic heterocycles. The molecule has 27 heavy (non-hydrogen) atoms. The zero-order valence-corrected chi connectivity index (χ0v) is 13.4. The number of aromatic nitrogens is 1. The van der Waals surface area contributed by atoms with E-state index in [-0.39, 0.29) is 22.7 Å². The van der Waals surface area contributed by atoms with E-state index < -0.39 is 23.6 Å². The van der Waals surface area contributed by atoms with Gasteiger partial charge in [0, 0.05) is 11.3 Å². The van der Waals surface area contributed by atoms with Crippen molar-refractivity contribution in [1.82, 2.24) is 4.98 Å². The number of carbonyl (C=O) groups is 2. The van der Waals surface area contributed by atoms with Gasteiger partial charge in [-0.25, -0.2) is 9.78 Å². The lowest BCUT2D eigenvalue weighted by molar-refractivity contribution is -0.137. The van der Waals surface area contributed by atoms with E-state index in [1.165, 1.54) is 36.4 Å². The molecule has 0 aliphatic rings. The van der Waals surface area contributed by atoms with E-state index in [0.29, 0.717) is 5.69 Å². The number of hydrogen-bond acceptors (Lipinski definition) is 4. The minimum Gasteiger partial charge on any atom is -0.478 e. The summed E-state index contributed by atoms with van der Waals surface area (Å²) in [6, 6.07) is 9.66. The van der Waals surface area contributed by atoms with E-state index in [2.05, 4.69) is 10.3 Å². The Balaban J connectivity index is 1.73. The van der Waals surface area contributed by atoms with Crippen molar-refractivity contribution < 1.29 is 32.3 Å². The van der Waals surface area contributed by atoms with E-state index >= 15 is 0 Å². The van der Waals surface area contributed by atoms with Gasteiger partial charge in [0.1, 0.15) is 6.26 Å². The lowest BCUT2D eigenvalue weighted by atomic mass is 10.1. The van der Waals surface area contributed by atoms with Gasteiger partial charge in [0.25, 0.3) is 5.91 Å². The number of amides is 1. The molecule has 0 fully saturated rings. The number of nitrogens with zero attached hydrogens (tertiary/aromatic N) is 1. The monoisotopic (exact) mass is 376 g/mol. The minimum atomic E-state index is -4.45. The Hall–Kier alpha value is -3.62. The molecule has 0 bridgehead atoms. The fraction of sp³-hybridized carbons (Fsp3) is 0.0556. The molecule has 2 N–H and O–H groups in total. The van der Waals surface area contributed by atoms with Gasteiger partial charge < -0.3 is 14.8 Å². The third-order valence-electron chi connectivity index (χ3n) is 3.59. The zero-order chi connectivity index (χ0) is 19.6. The minimum absolute atomic E-state index is 0.00454. The second kappa shape index (κ2) is 6.94. The number of nitrogens with one attached hydrogen (secondary N) is 1. The summed E-state index contributed by atoms with van der Waals surface area (Å²) < 4.78 is 42.9. The molecule has 0 atom stereocenters. The fourth-order valence-corrected chi connectivity index (χ4v) is 2.20. The average Bonchev–Trinajstić information content (AvgIpc) is 3.12. The molecule has 0 radical (unpaired) electrons. The van der Waals surface area contributed by atoms with Gasteiger partial charge in [-0.2, -0.15) is 13.2 Å². The number of rotatable bonds is 4. The molecule has 3 rings (SSSR count). The number of halogens is 3. The Kier molecular flexibility index (Phi) is 4.68. The van der Waals surface area contributed by atoms with Gasteiger partial charge in [0.2, 0.25) is 5.89 Å². The molecule has 0 saturated heterocycles. The second-order valence-corrected chi connectivity index (χ2v) is 5.45. The highest BCUT2D eigenvalue weighted by molar-refractivity contribution is 6.03. The Morgan fingerprint density at radius 2 is 1.63 bits per heavy atom. The van der Waals surface area contributed by atoms with Crippen LogP contribution < -0.4 is 5.32 Å². The van der Waals surface area contributed by atoms with E-state index in [4.69, 9.17) is 9.52 Å². The molecule has 9 heteroatoms. The molecule has 0 aliphatic heterocycles. The van der Waals surface area contributed by atoms with Gasteiger partial charge in [-0.1, -0.05) is 0 Å². The van der Waals surface area contributed by atoms with Crippen LogP contribution in [0.4, 0.5) is 18.9 Å².